The van der Waals surface area contributed by atoms with Crippen LogP contribution in [0.3, 0.4) is 0 Å². The first kappa shape index (κ1) is 31.4. The smallest absolute Gasteiger partial charge is 0.408 e. The highest BCUT2D eigenvalue weighted by molar-refractivity contribution is 5.92. The van der Waals surface area contributed by atoms with Crippen molar-refractivity contribution in [2.24, 2.45) is 0 Å². The van der Waals surface area contributed by atoms with Gasteiger partial charge in [0.2, 0.25) is 11.8 Å². The molecule has 7 heteroatoms. The fraction of sp³-hybridized carbons (Fsp3) is 0.645. The Kier molecular flexibility index (Phi) is 12.8. The maximum absolute atomic E-state index is 13.9. The van der Waals surface area contributed by atoms with Gasteiger partial charge in [0.25, 0.3) is 0 Å². The van der Waals surface area contributed by atoms with E-state index in [1.807, 2.05) is 24.3 Å². The van der Waals surface area contributed by atoms with Crippen molar-refractivity contribution in [2.45, 2.75) is 123 Å². The van der Waals surface area contributed by atoms with Crippen molar-refractivity contribution in [1.82, 2.24) is 15.5 Å². The Labute approximate surface area is 229 Å². The highest BCUT2D eigenvalue weighted by Crippen LogP contribution is 2.26. The van der Waals surface area contributed by atoms with Crippen LogP contribution in [0.25, 0.3) is 6.08 Å². The fourth-order valence-corrected chi connectivity index (χ4v) is 4.90. The lowest BCUT2D eigenvalue weighted by Gasteiger charge is -2.35. The van der Waals surface area contributed by atoms with Crippen LogP contribution in [0, 0.1) is 0 Å². The fourth-order valence-electron chi connectivity index (χ4n) is 4.90. The van der Waals surface area contributed by atoms with Crippen molar-refractivity contribution < 1.29 is 19.1 Å². The van der Waals surface area contributed by atoms with Crippen molar-refractivity contribution >= 4 is 24.0 Å². The average Bonchev–Trinajstić information content (AvgIpc) is 2.86. The summed E-state index contributed by atoms with van der Waals surface area (Å²) in [7, 11) is 0. The van der Waals surface area contributed by atoms with Gasteiger partial charge in [-0.25, -0.2) is 4.79 Å². The molecule has 2 rings (SSSR count). The van der Waals surface area contributed by atoms with Gasteiger partial charge >= 0.3 is 6.09 Å². The van der Waals surface area contributed by atoms with Crippen LogP contribution in [0.1, 0.15) is 116 Å². The van der Waals surface area contributed by atoms with E-state index in [9.17, 15) is 14.4 Å². The summed E-state index contributed by atoms with van der Waals surface area (Å²) in [6.07, 6.45) is 11.5. The Morgan fingerprint density at radius 3 is 2.42 bits per heavy atom. The number of nitrogens with one attached hydrogen (secondary N) is 2. The van der Waals surface area contributed by atoms with Crippen LogP contribution < -0.4 is 10.6 Å². The van der Waals surface area contributed by atoms with E-state index < -0.39 is 23.8 Å². The number of hydrogen-bond acceptors (Lipinski definition) is 4. The quantitative estimate of drug-likeness (QED) is 0.285. The first-order valence-electron chi connectivity index (χ1n) is 14.4. The van der Waals surface area contributed by atoms with Crippen molar-refractivity contribution in [3.8, 4) is 0 Å². The number of rotatable bonds is 13. The number of ether oxygens (including phenoxy) is 1. The number of carbonyl (C=O) groups is 3. The van der Waals surface area contributed by atoms with E-state index in [4.69, 9.17) is 4.74 Å². The number of amides is 3. The van der Waals surface area contributed by atoms with Gasteiger partial charge in [0.05, 0.1) is 0 Å². The van der Waals surface area contributed by atoms with Crippen LogP contribution >= 0.6 is 0 Å². The van der Waals surface area contributed by atoms with Crippen molar-refractivity contribution in [1.29, 1.82) is 0 Å². The van der Waals surface area contributed by atoms with Gasteiger partial charge in [-0.05, 0) is 64.2 Å². The molecule has 0 aromatic heterocycles. The number of unbranched alkanes of at least 4 members (excludes halogenated alkanes) is 4. The van der Waals surface area contributed by atoms with Crippen LogP contribution in [0.4, 0.5) is 4.79 Å². The van der Waals surface area contributed by atoms with Crippen LogP contribution in [0.2, 0.25) is 0 Å². The second-order valence-electron chi connectivity index (χ2n) is 11.4. The summed E-state index contributed by atoms with van der Waals surface area (Å²) in [5.41, 5.74) is 0.939. The molecule has 2 atom stereocenters. The molecule has 38 heavy (non-hydrogen) atoms. The summed E-state index contributed by atoms with van der Waals surface area (Å²) in [5.74, 6) is -0.483. The molecule has 0 saturated heterocycles. The number of carbonyl (C=O) groups excluding carboxylic acids is 3. The molecular formula is C31H49N3O4. The number of benzene rings is 1. The van der Waals surface area contributed by atoms with Gasteiger partial charge in [0.15, 0.2) is 0 Å². The topological polar surface area (TPSA) is 87.7 Å². The van der Waals surface area contributed by atoms with Crippen LogP contribution in [0.15, 0.2) is 30.8 Å². The van der Waals surface area contributed by atoms with Crippen molar-refractivity contribution in [2.75, 3.05) is 6.54 Å². The van der Waals surface area contributed by atoms with E-state index in [2.05, 4.69) is 24.1 Å². The third-order valence-electron chi connectivity index (χ3n) is 6.86. The molecule has 2 N–H and O–H groups in total. The Balaban J connectivity index is 2.37. The predicted molar refractivity (Wildman–Crippen MR) is 154 cm³/mol. The molecule has 7 nitrogen and oxygen atoms in total. The highest BCUT2D eigenvalue weighted by Gasteiger charge is 2.35. The maximum atomic E-state index is 13.9. The number of alkyl carbamates (subject to hydrolysis) is 1. The molecule has 0 spiro atoms. The molecule has 0 aliphatic heterocycles. The Morgan fingerprint density at radius 2 is 1.79 bits per heavy atom. The summed E-state index contributed by atoms with van der Waals surface area (Å²) >= 11 is 0. The zero-order valence-electron chi connectivity index (χ0n) is 24.2. The molecule has 2 unspecified atom stereocenters. The Morgan fingerprint density at radius 1 is 1.11 bits per heavy atom. The minimum atomic E-state index is -0.854. The van der Waals surface area contributed by atoms with Crippen LogP contribution in [-0.2, 0) is 14.3 Å². The molecule has 0 radical (unpaired) electrons. The van der Waals surface area contributed by atoms with Crippen LogP contribution in [-0.4, -0.2) is 47.0 Å². The molecule has 1 aliphatic carbocycles. The zero-order valence-corrected chi connectivity index (χ0v) is 24.2. The Bertz CT molecular complexity index is 918. The zero-order chi connectivity index (χ0) is 28.1. The maximum Gasteiger partial charge on any atom is 0.408 e. The summed E-state index contributed by atoms with van der Waals surface area (Å²) < 4.78 is 5.38. The second-order valence-corrected chi connectivity index (χ2v) is 11.4. The summed E-state index contributed by atoms with van der Waals surface area (Å²) in [4.78, 5) is 41.9. The lowest BCUT2D eigenvalue weighted by molar-refractivity contribution is -0.142. The third kappa shape index (κ3) is 10.5. The summed E-state index contributed by atoms with van der Waals surface area (Å²) in [6, 6.07) is 6.07. The molecule has 1 aromatic carbocycles. The van der Waals surface area contributed by atoms with E-state index in [0.29, 0.717) is 6.54 Å². The van der Waals surface area contributed by atoms with E-state index in [-0.39, 0.29) is 17.9 Å². The van der Waals surface area contributed by atoms with Gasteiger partial charge in [-0.1, -0.05) is 82.7 Å². The monoisotopic (exact) mass is 527 g/mol. The number of nitrogens with zero attached hydrogens (tertiary/aromatic N) is 1. The third-order valence-corrected chi connectivity index (χ3v) is 6.86. The van der Waals surface area contributed by atoms with E-state index in [1.165, 1.54) is 6.42 Å². The first-order chi connectivity index (χ1) is 18.1. The van der Waals surface area contributed by atoms with Gasteiger partial charge in [0.1, 0.15) is 17.7 Å². The van der Waals surface area contributed by atoms with E-state index in [1.54, 1.807) is 38.7 Å². The second kappa shape index (κ2) is 15.6. The average molecular weight is 528 g/mol. The van der Waals surface area contributed by atoms with Gasteiger partial charge in [-0.2, -0.15) is 0 Å². The SMILES string of the molecule is C=Cc1cccc(C(C(=O)NC2CCCCC2)N(CCCCCCC)C(=O)C(C)NC(=O)OC(C)(C)C)c1. The largest absolute Gasteiger partial charge is 0.444 e. The van der Waals surface area contributed by atoms with Crippen molar-refractivity contribution in [3.05, 3.63) is 42.0 Å². The lowest BCUT2D eigenvalue weighted by Crippen LogP contribution is -2.53. The molecular weight excluding hydrogens is 478 g/mol. The van der Waals surface area contributed by atoms with Gasteiger partial charge in [-0.15, -0.1) is 0 Å². The molecule has 3 amide bonds. The van der Waals surface area contributed by atoms with Crippen LogP contribution in [0.5, 0.6) is 0 Å². The highest BCUT2D eigenvalue weighted by atomic mass is 16.6. The molecule has 1 aliphatic rings. The molecule has 0 heterocycles. The Hall–Kier alpha value is -2.83. The van der Waals surface area contributed by atoms with E-state index >= 15 is 0 Å². The number of hydrogen-bond donors (Lipinski definition) is 2. The van der Waals surface area contributed by atoms with Gasteiger partial charge in [-0.3, -0.25) is 9.59 Å². The normalized spacial score (nSPS) is 15.7. The van der Waals surface area contributed by atoms with E-state index in [0.717, 1.165) is 68.9 Å². The predicted octanol–water partition coefficient (Wildman–Crippen LogP) is 6.53. The molecule has 1 saturated carbocycles. The van der Waals surface area contributed by atoms with Crippen molar-refractivity contribution in [3.63, 3.8) is 0 Å². The minimum Gasteiger partial charge on any atom is -0.444 e. The first-order valence-corrected chi connectivity index (χ1v) is 14.4. The standard InChI is InChI=1S/C31H49N3O4/c1-7-9-10-11-15-21-34(29(36)23(3)32-30(37)38-31(4,5)6)27(25-18-16-17-24(8-2)22-25)28(35)33-26-19-13-12-14-20-26/h8,16-18,22-23,26-27H,2,7,9-15,19-21H2,1,3-6H3,(H,32,37)(H,33,35). The van der Waals surface area contributed by atoms with Gasteiger partial charge < -0.3 is 20.3 Å². The lowest BCUT2D eigenvalue weighted by atomic mass is 9.94. The molecule has 212 valence electrons. The summed E-state index contributed by atoms with van der Waals surface area (Å²) in [6.45, 7) is 13.4. The molecule has 1 aromatic rings. The summed E-state index contributed by atoms with van der Waals surface area (Å²) in [5, 5.41) is 5.92. The molecule has 1 fully saturated rings. The molecule has 0 bridgehead atoms. The minimum absolute atomic E-state index is 0.111. The van der Waals surface area contributed by atoms with Gasteiger partial charge in [0, 0.05) is 12.6 Å².